The van der Waals surface area contributed by atoms with E-state index >= 15 is 0 Å². The van der Waals surface area contributed by atoms with Gasteiger partial charge in [-0.05, 0) is 48.4 Å². The van der Waals surface area contributed by atoms with Gasteiger partial charge in [0.05, 0.1) is 9.60 Å². The molecule has 0 amide bonds. The number of nitrogens with one attached hydrogen (secondary N) is 1. The number of aromatic nitrogens is 1. The number of anilines is 3. The van der Waals surface area contributed by atoms with E-state index < -0.39 is 12.1 Å². The van der Waals surface area contributed by atoms with E-state index in [0.29, 0.717) is 11.4 Å². The van der Waals surface area contributed by atoms with Crippen LogP contribution in [-0.2, 0) is 0 Å². The molecule has 26 heavy (non-hydrogen) atoms. The molecule has 0 atom stereocenters. The Bertz CT molecular complexity index is 1490. The molecule has 4 aromatic carbocycles. The number of para-hydroxylation sites is 3. The average Bonchev–Trinajstić information content (AvgIpc) is 3.25. The molecule has 5 rings (SSSR count). The molecule has 0 fully saturated rings. The zero-order valence-electron chi connectivity index (χ0n) is 20.7. The molecular formula is C24H18N2. The lowest BCUT2D eigenvalue weighted by atomic mass is 10.1. The maximum absolute atomic E-state index is 9.08. The normalized spacial score (nSPS) is 14.8. The Kier molecular flexibility index (Phi) is 2.17. The number of rotatable bonds is 3. The Morgan fingerprint density at radius 1 is 0.615 bits per heavy atom. The molecule has 0 aliphatic rings. The highest BCUT2D eigenvalue weighted by molar-refractivity contribution is 6.08. The van der Waals surface area contributed by atoms with Crippen LogP contribution in [0.1, 0.15) is 9.60 Å². The molecule has 1 N–H and O–H groups in total. The van der Waals surface area contributed by atoms with Gasteiger partial charge in [0.15, 0.2) is 0 Å². The molecule has 2 heteroatoms. The number of H-pyrrole nitrogens is 1. The van der Waals surface area contributed by atoms with Crippen molar-refractivity contribution in [3.8, 4) is 0 Å². The number of nitrogens with zero attached hydrogens (tertiary/aromatic N) is 1. The summed E-state index contributed by atoms with van der Waals surface area (Å²) in [5.74, 6) is 0. The average molecular weight is 341 g/mol. The number of hydrogen-bond acceptors (Lipinski definition) is 1. The first-order valence-corrected chi connectivity index (χ1v) is 8.24. The molecule has 0 radical (unpaired) electrons. The highest BCUT2D eigenvalue weighted by Crippen LogP contribution is 2.37. The molecule has 0 saturated heterocycles. The van der Waals surface area contributed by atoms with Gasteiger partial charge < -0.3 is 9.88 Å². The van der Waals surface area contributed by atoms with Crippen LogP contribution in [0.5, 0.6) is 0 Å². The zero-order valence-corrected chi connectivity index (χ0v) is 13.7. The lowest BCUT2D eigenvalue weighted by Gasteiger charge is -2.25. The van der Waals surface area contributed by atoms with Crippen molar-refractivity contribution in [3.05, 3.63) is 103 Å². The maximum Gasteiger partial charge on any atom is 0.0652 e. The van der Waals surface area contributed by atoms with Crippen molar-refractivity contribution in [3.63, 3.8) is 0 Å². The first-order valence-electron chi connectivity index (χ1n) is 11.7. The van der Waals surface area contributed by atoms with Gasteiger partial charge in [-0.3, -0.25) is 0 Å². The van der Waals surface area contributed by atoms with Gasteiger partial charge >= 0.3 is 0 Å². The second-order valence-corrected chi connectivity index (χ2v) is 5.86. The highest BCUT2D eigenvalue weighted by Gasteiger charge is 2.13. The Hall–Kier alpha value is -3.52. The predicted octanol–water partition coefficient (Wildman–Crippen LogP) is 6.79. The molecule has 0 saturated carbocycles. The van der Waals surface area contributed by atoms with E-state index in [9.17, 15) is 0 Å². The van der Waals surface area contributed by atoms with E-state index in [2.05, 4.69) is 4.98 Å². The molecule has 2 nitrogen and oxygen atoms in total. The summed E-state index contributed by atoms with van der Waals surface area (Å²) in [6.45, 7) is 0. The molecular weight excluding hydrogens is 316 g/mol. The molecule has 0 aliphatic heterocycles. The molecule has 0 spiro atoms. The van der Waals surface area contributed by atoms with Crippen LogP contribution in [0.25, 0.3) is 21.8 Å². The van der Waals surface area contributed by atoms with Crippen LogP contribution in [0.15, 0.2) is 103 Å². The van der Waals surface area contributed by atoms with Crippen LogP contribution in [0.3, 0.4) is 0 Å². The minimum atomic E-state index is -0.404. The van der Waals surface area contributed by atoms with Gasteiger partial charge in [-0.25, -0.2) is 0 Å². The largest absolute Gasteiger partial charge is 0.355 e. The SMILES string of the molecule is [2H]c1c([2H])c([2H])c2c([nH]c3c([2H])c([2H])c(N(c4ccccc4)c4ccccc4)c([2H])c32)c1[2H]. The van der Waals surface area contributed by atoms with Crippen molar-refractivity contribution in [2.24, 2.45) is 0 Å². The number of fused-ring (bicyclic) bond motifs is 3. The standard InChI is InChI=1S/C24H18N2/c1-3-9-18(10-4-1)26(19-11-5-2-6-12-19)20-15-16-24-22(17-20)21-13-7-8-14-23(21)25-24/h1-17,25H/i7D,8D,13D,14D,15D,16D,17D. The van der Waals surface area contributed by atoms with E-state index in [1.807, 2.05) is 60.7 Å². The van der Waals surface area contributed by atoms with Crippen LogP contribution in [0.2, 0.25) is 0 Å². The predicted molar refractivity (Wildman–Crippen MR) is 110 cm³/mol. The number of benzene rings is 4. The zero-order chi connectivity index (χ0) is 23.4. The van der Waals surface area contributed by atoms with E-state index in [1.54, 1.807) is 4.90 Å². The summed E-state index contributed by atoms with van der Waals surface area (Å²) >= 11 is 0. The van der Waals surface area contributed by atoms with Crippen molar-refractivity contribution >= 4 is 38.9 Å². The van der Waals surface area contributed by atoms with Crippen LogP contribution < -0.4 is 4.90 Å². The van der Waals surface area contributed by atoms with Gasteiger partial charge in [-0.1, -0.05) is 54.5 Å². The number of hydrogen-bond donors (Lipinski definition) is 1. The third kappa shape index (κ3) is 2.44. The summed E-state index contributed by atoms with van der Waals surface area (Å²) in [7, 11) is 0. The second kappa shape index (κ2) is 6.08. The van der Waals surface area contributed by atoms with Crippen LogP contribution >= 0.6 is 0 Å². The third-order valence-corrected chi connectivity index (χ3v) is 4.24. The monoisotopic (exact) mass is 341 g/mol. The lowest BCUT2D eigenvalue weighted by Crippen LogP contribution is -2.09. The Morgan fingerprint density at radius 2 is 1.23 bits per heavy atom. The first kappa shape index (κ1) is 9.25. The second-order valence-electron chi connectivity index (χ2n) is 5.86. The molecule has 0 bridgehead atoms. The Labute approximate surface area is 162 Å². The molecule has 1 heterocycles. The third-order valence-electron chi connectivity index (χ3n) is 4.24. The fourth-order valence-corrected chi connectivity index (χ4v) is 3.07. The summed E-state index contributed by atoms with van der Waals surface area (Å²) < 4.78 is 59.3. The summed E-state index contributed by atoms with van der Waals surface area (Å²) in [6.07, 6.45) is 0. The van der Waals surface area contributed by atoms with Crippen LogP contribution in [0, 0.1) is 0 Å². The van der Waals surface area contributed by atoms with E-state index in [1.165, 1.54) is 0 Å². The highest BCUT2D eigenvalue weighted by atomic mass is 15.1. The quantitative estimate of drug-likeness (QED) is 0.383. The Morgan fingerprint density at radius 3 is 1.92 bits per heavy atom. The fourth-order valence-electron chi connectivity index (χ4n) is 3.07. The van der Waals surface area contributed by atoms with Gasteiger partial charge in [0.25, 0.3) is 0 Å². The topological polar surface area (TPSA) is 19.0 Å². The van der Waals surface area contributed by atoms with Crippen molar-refractivity contribution in [1.82, 2.24) is 4.98 Å². The van der Waals surface area contributed by atoms with E-state index in [-0.39, 0.29) is 57.7 Å². The summed E-state index contributed by atoms with van der Waals surface area (Å²) in [4.78, 5) is 4.62. The smallest absolute Gasteiger partial charge is 0.0652 e. The summed E-state index contributed by atoms with van der Waals surface area (Å²) in [5, 5.41) is 0.349. The van der Waals surface area contributed by atoms with Crippen LogP contribution in [0.4, 0.5) is 17.1 Å². The lowest BCUT2D eigenvalue weighted by molar-refractivity contribution is 1.29. The molecule has 1 aromatic heterocycles. The van der Waals surface area contributed by atoms with Gasteiger partial charge in [-0.15, -0.1) is 0 Å². The van der Waals surface area contributed by atoms with Gasteiger partial charge in [0, 0.05) is 38.9 Å². The fraction of sp³-hybridized carbons (Fsp3) is 0. The maximum atomic E-state index is 9.08. The number of aromatic amines is 1. The summed E-state index contributed by atoms with van der Waals surface area (Å²) in [5.41, 5.74) is 1.84. The summed E-state index contributed by atoms with van der Waals surface area (Å²) in [6, 6.07) is 16.7. The van der Waals surface area contributed by atoms with E-state index in [0.717, 1.165) is 0 Å². The minimum Gasteiger partial charge on any atom is -0.355 e. The first-order chi connectivity index (χ1) is 15.8. The molecule has 5 aromatic rings. The molecule has 0 unspecified atom stereocenters. The van der Waals surface area contributed by atoms with Gasteiger partial charge in [0.2, 0.25) is 0 Å². The van der Waals surface area contributed by atoms with E-state index in [4.69, 9.17) is 9.60 Å². The molecule has 124 valence electrons. The van der Waals surface area contributed by atoms with Gasteiger partial charge in [-0.2, -0.15) is 0 Å². The van der Waals surface area contributed by atoms with Crippen molar-refractivity contribution in [2.75, 3.05) is 4.90 Å². The minimum absolute atomic E-state index is 0.0880. The van der Waals surface area contributed by atoms with Crippen molar-refractivity contribution < 1.29 is 9.60 Å². The van der Waals surface area contributed by atoms with Crippen LogP contribution in [-0.4, -0.2) is 4.98 Å². The Balaban J connectivity index is 1.95. The van der Waals surface area contributed by atoms with Crippen molar-refractivity contribution in [1.29, 1.82) is 0 Å². The van der Waals surface area contributed by atoms with Crippen molar-refractivity contribution in [2.45, 2.75) is 0 Å². The molecule has 0 aliphatic carbocycles. The van der Waals surface area contributed by atoms with Gasteiger partial charge in [0.1, 0.15) is 0 Å².